The van der Waals surface area contributed by atoms with E-state index in [0.29, 0.717) is 5.92 Å². The van der Waals surface area contributed by atoms with Gasteiger partial charge in [0.05, 0.1) is 6.04 Å². The maximum Gasteiger partial charge on any atom is 0.236 e. The van der Waals surface area contributed by atoms with E-state index in [-0.39, 0.29) is 5.91 Å². The van der Waals surface area contributed by atoms with Crippen LogP contribution >= 0.6 is 0 Å². The molecule has 2 atom stereocenters. The first-order valence-corrected chi connectivity index (χ1v) is 4.94. The number of carbonyl (C=O) groups excluding carboxylic acids is 1. The van der Waals surface area contributed by atoms with E-state index in [1.807, 2.05) is 0 Å². The van der Waals surface area contributed by atoms with E-state index in [1.54, 1.807) is 6.92 Å². The Morgan fingerprint density at radius 1 is 1.77 bits per heavy atom. The van der Waals surface area contributed by atoms with E-state index in [9.17, 15) is 4.79 Å². The Labute approximate surface area is 79.3 Å². The van der Waals surface area contributed by atoms with Crippen LogP contribution in [0.25, 0.3) is 0 Å². The smallest absolute Gasteiger partial charge is 0.236 e. The van der Waals surface area contributed by atoms with Gasteiger partial charge in [0.1, 0.15) is 0 Å². The predicted octanol–water partition coefficient (Wildman–Crippen LogP) is -0.551. The lowest BCUT2D eigenvalue weighted by Crippen LogP contribution is -2.43. The minimum atomic E-state index is -0.392. The number of hydrogen-bond donors (Lipinski definition) is 3. The molecule has 1 rings (SSSR count). The Morgan fingerprint density at radius 2 is 2.54 bits per heavy atom. The average molecular weight is 185 g/mol. The molecule has 13 heavy (non-hydrogen) atoms. The first-order chi connectivity index (χ1) is 6.20. The van der Waals surface area contributed by atoms with Gasteiger partial charge in [0.2, 0.25) is 5.91 Å². The highest BCUT2D eigenvalue weighted by Crippen LogP contribution is 2.07. The number of rotatable bonds is 3. The van der Waals surface area contributed by atoms with Crippen LogP contribution in [0.4, 0.5) is 0 Å². The molecule has 0 radical (unpaired) electrons. The van der Waals surface area contributed by atoms with Gasteiger partial charge in [-0.1, -0.05) is 0 Å². The van der Waals surface area contributed by atoms with Gasteiger partial charge in [-0.25, -0.2) is 0 Å². The molecule has 1 unspecified atom stereocenters. The second-order valence-electron chi connectivity index (χ2n) is 3.75. The fourth-order valence-corrected chi connectivity index (χ4v) is 1.50. The van der Waals surface area contributed by atoms with Crippen LogP contribution in [-0.4, -0.2) is 31.6 Å². The van der Waals surface area contributed by atoms with Gasteiger partial charge in [-0.3, -0.25) is 4.79 Å². The fraction of sp³-hybridized carbons (Fsp3) is 0.889. The van der Waals surface area contributed by atoms with Gasteiger partial charge in [-0.15, -0.1) is 0 Å². The lowest BCUT2D eigenvalue weighted by Gasteiger charge is -2.23. The molecule has 1 saturated heterocycles. The van der Waals surface area contributed by atoms with E-state index in [2.05, 4.69) is 10.6 Å². The summed E-state index contributed by atoms with van der Waals surface area (Å²) in [4.78, 5) is 11.1. The van der Waals surface area contributed by atoms with Crippen molar-refractivity contribution in [2.75, 3.05) is 19.6 Å². The largest absolute Gasteiger partial charge is 0.354 e. The van der Waals surface area contributed by atoms with Crippen molar-refractivity contribution in [3.63, 3.8) is 0 Å². The zero-order valence-corrected chi connectivity index (χ0v) is 8.18. The third-order valence-electron chi connectivity index (χ3n) is 2.38. The Hall–Kier alpha value is -0.610. The third kappa shape index (κ3) is 3.74. The summed E-state index contributed by atoms with van der Waals surface area (Å²) in [5.41, 5.74) is 5.42. The molecule has 0 aromatic rings. The van der Waals surface area contributed by atoms with E-state index in [1.165, 1.54) is 12.8 Å². The summed E-state index contributed by atoms with van der Waals surface area (Å²) in [7, 11) is 0. The van der Waals surface area contributed by atoms with E-state index >= 15 is 0 Å². The van der Waals surface area contributed by atoms with Crippen LogP contribution in [0.15, 0.2) is 0 Å². The van der Waals surface area contributed by atoms with Gasteiger partial charge in [-0.05, 0) is 38.8 Å². The number of piperidine rings is 1. The fourth-order valence-electron chi connectivity index (χ4n) is 1.50. The van der Waals surface area contributed by atoms with Crippen LogP contribution < -0.4 is 16.4 Å². The zero-order valence-electron chi connectivity index (χ0n) is 8.18. The summed E-state index contributed by atoms with van der Waals surface area (Å²) >= 11 is 0. The molecule has 0 bridgehead atoms. The lowest BCUT2D eigenvalue weighted by molar-refractivity contribution is -0.122. The van der Waals surface area contributed by atoms with Gasteiger partial charge in [0, 0.05) is 6.54 Å². The molecule has 4 nitrogen and oxygen atoms in total. The standard InChI is InChI=1S/C9H19N3O/c1-7(10)9(13)12-6-8-3-2-4-11-5-8/h7-8,11H,2-6,10H2,1H3,(H,12,13)/t7-,8?/m1/s1. The predicted molar refractivity (Wildman–Crippen MR) is 52.3 cm³/mol. The SMILES string of the molecule is C[C@@H](N)C(=O)NCC1CCCNC1. The van der Waals surface area contributed by atoms with Gasteiger partial charge < -0.3 is 16.4 Å². The molecule has 1 fully saturated rings. The summed E-state index contributed by atoms with van der Waals surface area (Å²) in [5.74, 6) is 0.530. The Morgan fingerprint density at radius 3 is 3.08 bits per heavy atom. The number of amides is 1. The maximum atomic E-state index is 11.1. The molecular formula is C9H19N3O. The normalized spacial score (nSPS) is 25.2. The monoisotopic (exact) mass is 185 g/mol. The van der Waals surface area contributed by atoms with Crippen molar-refractivity contribution in [1.82, 2.24) is 10.6 Å². The summed E-state index contributed by atoms with van der Waals surface area (Å²) in [5, 5.41) is 6.15. The molecule has 76 valence electrons. The second kappa shape index (κ2) is 5.19. The minimum absolute atomic E-state index is 0.0504. The highest BCUT2D eigenvalue weighted by atomic mass is 16.2. The number of carbonyl (C=O) groups is 1. The van der Waals surface area contributed by atoms with Gasteiger partial charge in [-0.2, -0.15) is 0 Å². The third-order valence-corrected chi connectivity index (χ3v) is 2.38. The molecule has 1 aliphatic heterocycles. The topological polar surface area (TPSA) is 67.2 Å². The molecule has 0 aromatic carbocycles. The van der Waals surface area contributed by atoms with Crippen molar-refractivity contribution >= 4 is 5.91 Å². The number of nitrogens with two attached hydrogens (primary N) is 1. The van der Waals surface area contributed by atoms with Crippen molar-refractivity contribution in [1.29, 1.82) is 0 Å². The van der Waals surface area contributed by atoms with Crippen molar-refractivity contribution in [3.8, 4) is 0 Å². The van der Waals surface area contributed by atoms with Crippen LogP contribution in [0, 0.1) is 5.92 Å². The lowest BCUT2D eigenvalue weighted by atomic mass is 10.00. The average Bonchev–Trinajstić information content (AvgIpc) is 2.15. The molecule has 0 aromatic heterocycles. The summed E-state index contributed by atoms with van der Waals surface area (Å²) in [6, 6.07) is -0.392. The summed E-state index contributed by atoms with van der Waals surface area (Å²) in [6.45, 7) is 4.58. The van der Waals surface area contributed by atoms with Crippen molar-refractivity contribution in [3.05, 3.63) is 0 Å². The van der Waals surface area contributed by atoms with Crippen LogP contribution in [-0.2, 0) is 4.79 Å². The number of nitrogens with one attached hydrogen (secondary N) is 2. The Bertz CT molecular complexity index is 164. The van der Waals surface area contributed by atoms with Gasteiger partial charge >= 0.3 is 0 Å². The Kier molecular flexibility index (Phi) is 4.18. The van der Waals surface area contributed by atoms with E-state index < -0.39 is 6.04 Å². The quantitative estimate of drug-likeness (QED) is 0.552. The highest BCUT2D eigenvalue weighted by molar-refractivity contribution is 5.80. The molecule has 0 saturated carbocycles. The first kappa shape index (κ1) is 10.5. The first-order valence-electron chi connectivity index (χ1n) is 4.94. The molecular weight excluding hydrogens is 166 g/mol. The molecule has 1 amide bonds. The zero-order chi connectivity index (χ0) is 9.68. The van der Waals surface area contributed by atoms with Gasteiger partial charge in [0.15, 0.2) is 0 Å². The summed E-state index contributed by atoms with van der Waals surface area (Å²) in [6.07, 6.45) is 2.41. The molecule has 1 aliphatic rings. The van der Waals surface area contributed by atoms with Crippen LogP contribution in [0.1, 0.15) is 19.8 Å². The minimum Gasteiger partial charge on any atom is -0.354 e. The maximum absolute atomic E-state index is 11.1. The molecule has 4 N–H and O–H groups in total. The second-order valence-corrected chi connectivity index (χ2v) is 3.75. The highest BCUT2D eigenvalue weighted by Gasteiger charge is 2.14. The van der Waals surface area contributed by atoms with E-state index in [4.69, 9.17) is 5.73 Å². The van der Waals surface area contributed by atoms with Crippen molar-refractivity contribution in [2.45, 2.75) is 25.8 Å². The summed E-state index contributed by atoms with van der Waals surface area (Å²) < 4.78 is 0. The van der Waals surface area contributed by atoms with Crippen LogP contribution in [0.3, 0.4) is 0 Å². The van der Waals surface area contributed by atoms with E-state index in [0.717, 1.165) is 19.6 Å². The van der Waals surface area contributed by atoms with Gasteiger partial charge in [0.25, 0.3) is 0 Å². The molecule has 0 spiro atoms. The Balaban J connectivity index is 2.13. The number of hydrogen-bond acceptors (Lipinski definition) is 3. The van der Waals surface area contributed by atoms with Crippen LogP contribution in [0.5, 0.6) is 0 Å². The molecule has 1 heterocycles. The van der Waals surface area contributed by atoms with Crippen molar-refractivity contribution < 1.29 is 4.79 Å². The molecule has 0 aliphatic carbocycles. The van der Waals surface area contributed by atoms with Crippen LogP contribution in [0.2, 0.25) is 0 Å². The van der Waals surface area contributed by atoms with Crippen molar-refractivity contribution in [2.24, 2.45) is 11.7 Å². The molecule has 4 heteroatoms.